The Labute approximate surface area is 145 Å². The number of carbonyl (C=O) groups excluding carboxylic acids is 1. The lowest BCUT2D eigenvalue weighted by molar-refractivity contribution is 0.0981. The van der Waals surface area contributed by atoms with Gasteiger partial charge in [-0.25, -0.2) is 13.1 Å². The highest BCUT2D eigenvalue weighted by molar-refractivity contribution is 7.90. The Kier molecular flexibility index (Phi) is 3.65. The molecule has 0 saturated heterocycles. The second-order valence-electron chi connectivity index (χ2n) is 5.81. The van der Waals surface area contributed by atoms with Crippen molar-refractivity contribution in [2.45, 2.75) is 11.3 Å². The quantitative estimate of drug-likeness (QED) is 0.754. The summed E-state index contributed by atoms with van der Waals surface area (Å²) in [6.07, 6.45) is 2.34. The van der Waals surface area contributed by atoms with Crippen LogP contribution in [0, 0.1) is 0 Å². The van der Waals surface area contributed by atoms with Gasteiger partial charge in [0, 0.05) is 29.4 Å². The highest BCUT2D eigenvalue weighted by Crippen LogP contribution is 2.24. The zero-order valence-corrected chi connectivity index (χ0v) is 14.0. The molecule has 0 unspecified atom stereocenters. The molecule has 25 heavy (non-hydrogen) atoms. The predicted molar refractivity (Wildman–Crippen MR) is 95.0 cm³/mol. The Morgan fingerprint density at radius 2 is 1.96 bits per heavy atom. The molecular formula is C18H15N3O3S. The summed E-state index contributed by atoms with van der Waals surface area (Å²) < 4.78 is 27.5. The van der Waals surface area contributed by atoms with Crippen molar-refractivity contribution < 1.29 is 13.2 Å². The number of sulfonamides is 1. The van der Waals surface area contributed by atoms with E-state index >= 15 is 0 Å². The van der Waals surface area contributed by atoms with E-state index in [1.54, 1.807) is 42.5 Å². The smallest absolute Gasteiger partial charge is 0.266 e. The number of hydrogen-bond donors (Lipinski definition) is 2. The minimum absolute atomic E-state index is 0.0122. The van der Waals surface area contributed by atoms with Crippen molar-refractivity contribution in [2.75, 3.05) is 11.9 Å². The van der Waals surface area contributed by atoms with Crippen molar-refractivity contribution in [1.29, 1.82) is 0 Å². The van der Waals surface area contributed by atoms with Crippen LogP contribution in [0.2, 0.25) is 0 Å². The zero-order valence-electron chi connectivity index (χ0n) is 13.2. The number of benzene rings is 2. The lowest BCUT2D eigenvalue weighted by Crippen LogP contribution is -2.30. The Bertz CT molecular complexity index is 1090. The maximum absolute atomic E-state index is 12.7. The van der Waals surface area contributed by atoms with Crippen LogP contribution in [0.5, 0.6) is 0 Å². The number of pyridine rings is 1. The molecule has 1 aliphatic rings. The average Bonchev–Trinajstić information content (AvgIpc) is 3.08. The van der Waals surface area contributed by atoms with E-state index in [2.05, 4.69) is 15.0 Å². The summed E-state index contributed by atoms with van der Waals surface area (Å²) in [7, 11) is -4.03. The fourth-order valence-corrected chi connectivity index (χ4v) is 4.13. The first-order valence-electron chi connectivity index (χ1n) is 7.82. The molecule has 0 atom stereocenters. The van der Waals surface area contributed by atoms with Crippen molar-refractivity contribution in [3.8, 4) is 0 Å². The first-order valence-corrected chi connectivity index (χ1v) is 9.31. The highest BCUT2D eigenvalue weighted by Gasteiger charge is 2.22. The summed E-state index contributed by atoms with van der Waals surface area (Å²) in [6.45, 7) is 0.820. The summed E-state index contributed by atoms with van der Waals surface area (Å²) in [5.74, 6) is -0.650. The summed E-state index contributed by atoms with van der Waals surface area (Å²) >= 11 is 0. The van der Waals surface area contributed by atoms with E-state index in [4.69, 9.17) is 0 Å². The van der Waals surface area contributed by atoms with Gasteiger partial charge in [-0.3, -0.25) is 9.78 Å². The maximum atomic E-state index is 12.7. The molecule has 4 rings (SSSR count). The molecular weight excluding hydrogens is 338 g/mol. The van der Waals surface area contributed by atoms with Gasteiger partial charge < -0.3 is 5.32 Å². The lowest BCUT2D eigenvalue weighted by atomic mass is 10.1. The Morgan fingerprint density at radius 3 is 2.84 bits per heavy atom. The van der Waals surface area contributed by atoms with E-state index in [1.807, 2.05) is 0 Å². The van der Waals surface area contributed by atoms with Crippen LogP contribution in [0.4, 0.5) is 5.69 Å². The lowest BCUT2D eigenvalue weighted by Gasteiger charge is -2.10. The third-order valence-electron chi connectivity index (χ3n) is 4.19. The Balaban J connectivity index is 1.68. The van der Waals surface area contributed by atoms with Gasteiger partial charge in [0.1, 0.15) is 4.90 Å². The van der Waals surface area contributed by atoms with Gasteiger partial charge in [-0.2, -0.15) is 0 Å². The molecule has 0 radical (unpaired) electrons. The van der Waals surface area contributed by atoms with Crippen LogP contribution >= 0.6 is 0 Å². The Hall–Kier alpha value is -2.93. The molecule has 0 bridgehead atoms. The average molecular weight is 353 g/mol. The van der Waals surface area contributed by atoms with Crippen molar-refractivity contribution in [3.63, 3.8) is 0 Å². The number of fused-ring (bicyclic) bond motifs is 2. The van der Waals surface area contributed by atoms with Crippen LogP contribution in [0.15, 0.2) is 59.6 Å². The third kappa shape index (κ3) is 2.83. The molecule has 0 saturated carbocycles. The van der Waals surface area contributed by atoms with Crippen LogP contribution < -0.4 is 10.0 Å². The minimum Gasteiger partial charge on any atom is -0.384 e. The van der Waals surface area contributed by atoms with Crippen LogP contribution in [0.25, 0.3) is 10.9 Å². The molecule has 2 N–H and O–H groups in total. The molecule has 2 heterocycles. The molecule has 1 aliphatic heterocycles. The summed E-state index contributed by atoms with van der Waals surface area (Å²) in [4.78, 5) is 16.6. The number of nitrogens with zero attached hydrogens (tertiary/aromatic N) is 1. The molecule has 6 nitrogen and oxygen atoms in total. The van der Waals surface area contributed by atoms with Gasteiger partial charge in [0.05, 0.1) is 5.52 Å². The first kappa shape index (κ1) is 15.6. The van der Waals surface area contributed by atoms with Gasteiger partial charge in [0.2, 0.25) is 0 Å². The van der Waals surface area contributed by atoms with Gasteiger partial charge in [-0.1, -0.05) is 18.2 Å². The number of nitrogens with one attached hydrogen (secondary N) is 2. The van der Waals surface area contributed by atoms with Crippen molar-refractivity contribution in [3.05, 3.63) is 65.9 Å². The number of hydrogen-bond acceptors (Lipinski definition) is 5. The first-order chi connectivity index (χ1) is 12.0. The summed E-state index contributed by atoms with van der Waals surface area (Å²) in [6, 6.07) is 13.5. The molecule has 0 spiro atoms. The minimum atomic E-state index is -4.03. The Morgan fingerprint density at radius 1 is 1.12 bits per heavy atom. The van der Waals surface area contributed by atoms with Gasteiger partial charge in [0.15, 0.2) is 0 Å². The molecule has 7 heteroatoms. The normalized spacial score (nSPS) is 13.3. The van der Waals surface area contributed by atoms with Crippen LogP contribution in [0.3, 0.4) is 0 Å². The van der Waals surface area contributed by atoms with Gasteiger partial charge >= 0.3 is 0 Å². The van der Waals surface area contributed by atoms with Crippen molar-refractivity contribution in [1.82, 2.24) is 9.71 Å². The third-order valence-corrected chi connectivity index (χ3v) is 5.55. The highest BCUT2D eigenvalue weighted by atomic mass is 32.2. The number of amides is 1. The number of carbonyl (C=O) groups is 1. The van der Waals surface area contributed by atoms with Crippen LogP contribution in [-0.4, -0.2) is 25.9 Å². The fraction of sp³-hybridized carbons (Fsp3) is 0.111. The molecule has 0 fully saturated rings. The van der Waals surface area contributed by atoms with E-state index < -0.39 is 15.9 Å². The molecule has 3 aromatic rings. The number of anilines is 1. The van der Waals surface area contributed by atoms with E-state index in [9.17, 15) is 13.2 Å². The molecule has 126 valence electrons. The standard InChI is InChI=1S/C18H15N3O3S/c22-18(14-6-7-15-13(11-14)8-10-19-15)21-25(23,24)16-5-1-3-12-4-2-9-20-17(12)16/h1-7,9,11,19H,8,10H2,(H,21,22). The van der Waals surface area contributed by atoms with E-state index in [0.717, 1.165) is 24.2 Å². The van der Waals surface area contributed by atoms with Gasteiger partial charge in [-0.05, 0) is 42.3 Å². The van der Waals surface area contributed by atoms with Crippen molar-refractivity contribution in [2.24, 2.45) is 0 Å². The van der Waals surface area contributed by atoms with Gasteiger partial charge in [-0.15, -0.1) is 0 Å². The topological polar surface area (TPSA) is 88.2 Å². The van der Waals surface area contributed by atoms with Crippen LogP contribution in [-0.2, 0) is 16.4 Å². The van der Waals surface area contributed by atoms with E-state index in [0.29, 0.717) is 16.5 Å². The second kappa shape index (κ2) is 5.86. The summed E-state index contributed by atoms with van der Waals surface area (Å²) in [5.41, 5.74) is 2.65. The maximum Gasteiger partial charge on any atom is 0.266 e. The monoisotopic (exact) mass is 353 g/mol. The number of para-hydroxylation sites is 1. The fourth-order valence-electron chi connectivity index (χ4n) is 2.98. The molecule has 2 aromatic carbocycles. The predicted octanol–water partition coefficient (Wildman–Crippen LogP) is 2.32. The molecule has 1 amide bonds. The molecule has 0 aliphatic carbocycles. The number of aromatic nitrogens is 1. The van der Waals surface area contributed by atoms with Crippen molar-refractivity contribution >= 4 is 32.5 Å². The van der Waals surface area contributed by atoms with E-state index in [-0.39, 0.29) is 4.90 Å². The molecule has 1 aromatic heterocycles. The van der Waals surface area contributed by atoms with E-state index in [1.165, 1.54) is 12.3 Å². The largest absolute Gasteiger partial charge is 0.384 e. The number of rotatable bonds is 3. The van der Waals surface area contributed by atoms with Crippen LogP contribution in [0.1, 0.15) is 15.9 Å². The summed E-state index contributed by atoms with van der Waals surface area (Å²) in [5, 5.41) is 3.90. The van der Waals surface area contributed by atoms with Gasteiger partial charge in [0.25, 0.3) is 15.9 Å². The SMILES string of the molecule is O=C(NS(=O)(=O)c1cccc2cccnc12)c1ccc2c(c1)CCN2. The zero-order chi connectivity index (χ0) is 17.4. The second-order valence-corrected chi connectivity index (χ2v) is 7.47.